The van der Waals surface area contributed by atoms with Gasteiger partial charge in [0.25, 0.3) is 0 Å². The fourth-order valence-electron chi connectivity index (χ4n) is 0.667. The van der Waals surface area contributed by atoms with Crippen molar-refractivity contribution in [3.8, 4) is 0 Å². The molecule has 0 fully saturated rings. The van der Waals surface area contributed by atoms with Gasteiger partial charge in [-0.25, -0.2) is 0 Å². The topological polar surface area (TPSA) is 43.4 Å². The zero-order valence-electron chi connectivity index (χ0n) is 7.37. The van der Waals surface area contributed by atoms with Gasteiger partial charge in [0, 0.05) is 13.3 Å². The summed E-state index contributed by atoms with van der Waals surface area (Å²) in [5.41, 5.74) is 0. The van der Waals surface area contributed by atoms with Gasteiger partial charge in [-0.3, -0.25) is 9.59 Å². The van der Waals surface area contributed by atoms with Crippen LogP contribution in [0.25, 0.3) is 0 Å². The lowest BCUT2D eigenvalue weighted by molar-refractivity contribution is -0.158. The third-order valence-electron chi connectivity index (χ3n) is 1.41. The van der Waals surface area contributed by atoms with E-state index in [2.05, 4.69) is 17.4 Å². The Kier molecular flexibility index (Phi) is 5.80. The summed E-state index contributed by atoms with van der Waals surface area (Å²) < 4.78 is 4.34. The summed E-state index contributed by atoms with van der Waals surface area (Å²) >= 11 is 4.07. The van der Waals surface area contributed by atoms with Crippen LogP contribution in [-0.4, -0.2) is 17.7 Å². The number of thiol groups is 1. The van der Waals surface area contributed by atoms with E-state index in [4.69, 9.17) is 0 Å². The second-order valence-electron chi connectivity index (χ2n) is 2.79. The van der Waals surface area contributed by atoms with Gasteiger partial charge in [-0.1, -0.05) is 6.92 Å². The van der Waals surface area contributed by atoms with E-state index in [1.807, 2.05) is 6.92 Å². The normalized spacial score (nSPS) is 12.2. The van der Waals surface area contributed by atoms with Crippen LogP contribution in [0.4, 0.5) is 0 Å². The predicted octanol–water partition coefficient (Wildman–Crippen LogP) is 1.42. The fourth-order valence-corrected chi connectivity index (χ4v) is 0.849. The molecular formula is C8H14O3S. The maximum atomic E-state index is 10.8. The lowest BCUT2D eigenvalue weighted by Crippen LogP contribution is -2.10. The first-order chi connectivity index (χ1) is 5.56. The molecule has 70 valence electrons. The van der Waals surface area contributed by atoms with Gasteiger partial charge in [0.05, 0.1) is 0 Å². The average Bonchev–Trinajstić information content (AvgIpc) is 1.99. The Morgan fingerprint density at radius 1 is 1.50 bits per heavy atom. The Morgan fingerprint density at radius 2 is 2.08 bits per heavy atom. The van der Waals surface area contributed by atoms with Gasteiger partial charge < -0.3 is 4.74 Å². The van der Waals surface area contributed by atoms with E-state index in [0.29, 0.717) is 12.3 Å². The summed E-state index contributed by atoms with van der Waals surface area (Å²) in [5, 5.41) is 0. The molecule has 4 heteroatoms. The molecule has 0 aliphatic rings. The van der Waals surface area contributed by atoms with Crippen LogP contribution >= 0.6 is 12.6 Å². The van der Waals surface area contributed by atoms with Crippen molar-refractivity contribution in [1.82, 2.24) is 0 Å². The van der Waals surface area contributed by atoms with Crippen LogP contribution in [0.3, 0.4) is 0 Å². The molecular weight excluding hydrogens is 176 g/mol. The second-order valence-corrected chi connectivity index (χ2v) is 3.16. The Morgan fingerprint density at radius 3 is 2.50 bits per heavy atom. The Bertz CT molecular complexity index is 168. The first-order valence-corrected chi connectivity index (χ1v) is 4.51. The van der Waals surface area contributed by atoms with Crippen LogP contribution in [0.5, 0.6) is 0 Å². The van der Waals surface area contributed by atoms with Crippen LogP contribution in [-0.2, 0) is 14.3 Å². The Balaban J connectivity index is 3.50. The van der Waals surface area contributed by atoms with E-state index in [9.17, 15) is 9.59 Å². The first-order valence-electron chi connectivity index (χ1n) is 3.88. The molecule has 3 nitrogen and oxygen atoms in total. The number of ether oxygens (including phenoxy) is 1. The zero-order valence-corrected chi connectivity index (χ0v) is 8.27. The standard InChI is InChI=1S/C8H14O3S/c1-6(5-12)3-4-8(10)11-7(2)9/h6,12H,3-5H2,1-2H3/t6-/m0/s1. The molecule has 0 rings (SSSR count). The van der Waals surface area contributed by atoms with Gasteiger partial charge in [0.2, 0.25) is 0 Å². The molecule has 0 aromatic heterocycles. The van der Waals surface area contributed by atoms with Crippen molar-refractivity contribution in [3.05, 3.63) is 0 Å². The number of carbonyl (C=O) groups excluding carboxylic acids is 2. The van der Waals surface area contributed by atoms with Gasteiger partial charge in [0.15, 0.2) is 0 Å². The summed E-state index contributed by atoms with van der Waals surface area (Å²) in [7, 11) is 0. The van der Waals surface area contributed by atoms with Crippen molar-refractivity contribution in [2.45, 2.75) is 26.7 Å². The highest BCUT2D eigenvalue weighted by Crippen LogP contribution is 2.07. The van der Waals surface area contributed by atoms with Gasteiger partial charge >= 0.3 is 11.9 Å². The summed E-state index contributed by atoms with van der Waals surface area (Å²) in [4.78, 5) is 21.1. The molecule has 0 heterocycles. The summed E-state index contributed by atoms with van der Waals surface area (Å²) in [6.07, 6.45) is 1.01. The second kappa shape index (κ2) is 6.06. The quantitative estimate of drug-likeness (QED) is 0.414. The molecule has 0 bridgehead atoms. The van der Waals surface area contributed by atoms with Gasteiger partial charge in [-0.15, -0.1) is 0 Å². The maximum Gasteiger partial charge on any atom is 0.313 e. The zero-order chi connectivity index (χ0) is 9.56. The van der Waals surface area contributed by atoms with Crippen molar-refractivity contribution in [2.75, 3.05) is 5.75 Å². The minimum absolute atomic E-state index is 0.293. The van der Waals surface area contributed by atoms with Crippen LogP contribution in [0.15, 0.2) is 0 Å². The smallest absolute Gasteiger partial charge is 0.313 e. The van der Waals surface area contributed by atoms with E-state index in [0.717, 1.165) is 12.2 Å². The van der Waals surface area contributed by atoms with Crippen LogP contribution < -0.4 is 0 Å². The largest absolute Gasteiger partial charge is 0.393 e. The monoisotopic (exact) mass is 190 g/mol. The Hall–Kier alpha value is -0.510. The molecule has 0 unspecified atom stereocenters. The van der Waals surface area contributed by atoms with E-state index in [1.54, 1.807) is 0 Å². The lowest BCUT2D eigenvalue weighted by atomic mass is 10.1. The molecule has 0 amide bonds. The SMILES string of the molecule is CC(=O)OC(=O)CC[C@H](C)CS. The third-order valence-corrected chi connectivity index (χ3v) is 2.03. The predicted molar refractivity (Wildman–Crippen MR) is 49.0 cm³/mol. The molecule has 0 N–H and O–H groups in total. The maximum absolute atomic E-state index is 10.8. The lowest BCUT2D eigenvalue weighted by Gasteiger charge is -2.05. The number of esters is 2. The molecule has 0 radical (unpaired) electrons. The third kappa shape index (κ3) is 6.22. The Labute approximate surface area is 77.9 Å². The van der Waals surface area contributed by atoms with Crippen molar-refractivity contribution in [1.29, 1.82) is 0 Å². The summed E-state index contributed by atoms with van der Waals surface area (Å²) in [6, 6.07) is 0. The van der Waals surface area contributed by atoms with Gasteiger partial charge in [-0.05, 0) is 18.1 Å². The number of hydrogen-bond acceptors (Lipinski definition) is 4. The fraction of sp³-hybridized carbons (Fsp3) is 0.750. The summed E-state index contributed by atoms with van der Waals surface area (Å²) in [5.74, 6) is 0.135. The average molecular weight is 190 g/mol. The van der Waals surface area contributed by atoms with E-state index >= 15 is 0 Å². The van der Waals surface area contributed by atoms with E-state index in [-0.39, 0.29) is 0 Å². The van der Waals surface area contributed by atoms with Crippen molar-refractivity contribution >= 4 is 24.6 Å². The highest BCUT2D eigenvalue weighted by Gasteiger charge is 2.08. The van der Waals surface area contributed by atoms with Crippen LogP contribution in [0.2, 0.25) is 0 Å². The van der Waals surface area contributed by atoms with Gasteiger partial charge in [-0.2, -0.15) is 12.6 Å². The highest BCUT2D eigenvalue weighted by molar-refractivity contribution is 7.80. The van der Waals surface area contributed by atoms with Crippen LogP contribution in [0, 0.1) is 5.92 Å². The molecule has 0 aliphatic heterocycles. The molecule has 0 saturated heterocycles. The number of hydrogen-bond donors (Lipinski definition) is 1. The molecule has 0 aromatic carbocycles. The highest BCUT2D eigenvalue weighted by atomic mass is 32.1. The van der Waals surface area contributed by atoms with Crippen LogP contribution in [0.1, 0.15) is 26.7 Å². The number of rotatable bonds is 4. The van der Waals surface area contributed by atoms with Crippen molar-refractivity contribution in [3.63, 3.8) is 0 Å². The van der Waals surface area contributed by atoms with Crippen molar-refractivity contribution < 1.29 is 14.3 Å². The minimum Gasteiger partial charge on any atom is -0.393 e. The first kappa shape index (κ1) is 11.5. The van der Waals surface area contributed by atoms with Gasteiger partial charge in [0.1, 0.15) is 0 Å². The molecule has 1 atom stereocenters. The van der Waals surface area contributed by atoms with E-state index < -0.39 is 11.9 Å². The number of carbonyl (C=O) groups is 2. The molecule has 0 saturated carbocycles. The molecule has 0 aromatic rings. The summed E-state index contributed by atoms with van der Waals surface area (Å²) in [6.45, 7) is 3.22. The van der Waals surface area contributed by atoms with E-state index in [1.165, 1.54) is 6.92 Å². The minimum atomic E-state index is -0.543. The molecule has 0 spiro atoms. The van der Waals surface area contributed by atoms with Crippen molar-refractivity contribution in [2.24, 2.45) is 5.92 Å². The molecule has 12 heavy (non-hydrogen) atoms. The molecule has 0 aliphatic carbocycles.